The van der Waals surface area contributed by atoms with Crippen LogP contribution in [0.2, 0.25) is 0 Å². The number of rotatable bonds is 5. The van der Waals surface area contributed by atoms with Crippen molar-refractivity contribution in [3.05, 3.63) is 77.6 Å². The number of nitrogens with zero attached hydrogens (tertiary/aromatic N) is 2. The molecule has 2 N–H and O–H groups in total. The predicted molar refractivity (Wildman–Crippen MR) is 103 cm³/mol. The maximum absolute atomic E-state index is 9.55. The zero-order valence-corrected chi connectivity index (χ0v) is 15.3. The third kappa shape index (κ3) is 7.03. The fourth-order valence-electron chi connectivity index (χ4n) is 3.09. The summed E-state index contributed by atoms with van der Waals surface area (Å²) < 4.78 is 0. The number of carbonyl (C=O) groups is 2. The van der Waals surface area contributed by atoms with Gasteiger partial charge in [-0.05, 0) is 49.5 Å². The van der Waals surface area contributed by atoms with Crippen LogP contribution >= 0.6 is 0 Å². The van der Waals surface area contributed by atoms with E-state index >= 15 is 0 Å². The topological polar surface area (TPSA) is 90.7 Å². The molecule has 0 aliphatic carbocycles. The summed E-state index contributed by atoms with van der Waals surface area (Å²) in [6.45, 7) is 1.20. The average Bonchev–Trinajstić information content (AvgIpc) is 3.08. The van der Waals surface area contributed by atoms with Crippen LogP contribution in [0.1, 0.15) is 35.6 Å². The van der Waals surface area contributed by atoms with E-state index in [1.165, 1.54) is 36.1 Å². The zero-order valence-electron chi connectivity index (χ0n) is 15.3. The van der Waals surface area contributed by atoms with Crippen LogP contribution in [0.4, 0.5) is 0 Å². The molecule has 0 spiro atoms. The van der Waals surface area contributed by atoms with Gasteiger partial charge in [-0.25, -0.2) is 9.59 Å². The quantitative estimate of drug-likeness (QED) is 0.788. The highest BCUT2D eigenvalue weighted by molar-refractivity contribution is 5.89. The highest BCUT2D eigenvalue weighted by atomic mass is 16.4. The van der Waals surface area contributed by atoms with Gasteiger partial charge >= 0.3 is 11.9 Å². The smallest absolute Gasteiger partial charge is 0.328 e. The molecule has 1 aliphatic rings. The molecule has 6 nitrogen and oxygen atoms in total. The van der Waals surface area contributed by atoms with Crippen molar-refractivity contribution in [2.45, 2.75) is 25.3 Å². The lowest BCUT2D eigenvalue weighted by molar-refractivity contribution is -0.134. The van der Waals surface area contributed by atoms with Gasteiger partial charge in [0, 0.05) is 30.6 Å². The molecule has 1 aromatic heterocycles. The summed E-state index contributed by atoms with van der Waals surface area (Å²) >= 11 is 0. The van der Waals surface area contributed by atoms with Gasteiger partial charge in [0.05, 0.1) is 0 Å². The first-order valence-electron chi connectivity index (χ1n) is 8.77. The third-order valence-corrected chi connectivity index (χ3v) is 4.34. The summed E-state index contributed by atoms with van der Waals surface area (Å²) in [6.07, 6.45) is 8.66. The highest BCUT2D eigenvalue weighted by Crippen LogP contribution is 2.30. The van der Waals surface area contributed by atoms with Crippen LogP contribution in [-0.2, 0) is 16.0 Å². The van der Waals surface area contributed by atoms with Gasteiger partial charge in [-0.15, -0.1) is 0 Å². The van der Waals surface area contributed by atoms with Crippen LogP contribution in [0.25, 0.3) is 0 Å². The van der Waals surface area contributed by atoms with E-state index in [-0.39, 0.29) is 0 Å². The van der Waals surface area contributed by atoms with E-state index in [2.05, 4.69) is 53.3 Å². The Kier molecular flexibility index (Phi) is 7.70. The second-order valence-corrected chi connectivity index (χ2v) is 6.44. The molecule has 1 saturated heterocycles. The van der Waals surface area contributed by atoms with Crippen molar-refractivity contribution in [2.24, 2.45) is 0 Å². The summed E-state index contributed by atoms with van der Waals surface area (Å²) in [7, 11) is 2.21. The van der Waals surface area contributed by atoms with E-state index in [9.17, 15) is 9.59 Å². The van der Waals surface area contributed by atoms with Gasteiger partial charge in [-0.2, -0.15) is 0 Å². The third-order valence-electron chi connectivity index (χ3n) is 4.34. The van der Waals surface area contributed by atoms with Crippen LogP contribution in [0.5, 0.6) is 0 Å². The number of benzene rings is 1. The number of aromatic nitrogens is 1. The fourth-order valence-corrected chi connectivity index (χ4v) is 3.09. The summed E-state index contributed by atoms with van der Waals surface area (Å²) in [6, 6.07) is 13.5. The second-order valence-electron chi connectivity index (χ2n) is 6.44. The van der Waals surface area contributed by atoms with Crippen LogP contribution < -0.4 is 0 Å². The van der Waals surface area contributed by atoms with Crippen LogP contribution in [0, 0.1) is 0 Å². The molecular formula is C21H24N2O4. The minimum Gasteiger partial charge on any atom is -0.478 e. The summed E-state index contributed by atoms with van der Waals surface area (Å²) in [5.41, 5.74) is 4.03. The molecule has 142 valence electrons. The molecule has 27 heavy (non-hydrogen) atoms. The summed E-state index contributed by atoms with van der Waals surface area (Å²) in [5, 5.41) is 15.6. The molecule has 0 saturated carbocycles. The number of likely N-dealkylation sites (tertiary alicyclic amines) is 1. The van der Waals surface area contributed by atoms with Gasteiger partial charge in [0.2, 0.25) is 0 Å². The van der Waals surface area contributed by atoms with E-state index in [0.717, 1.165) is 6.42 Å². The van der Waals surface area contributed by atoms with Gasteiger partial charge in [-0.1, -0.05) is 36.4 Å². The largest absolute Gasteiger partial charge is 0.478 e. The fraction of sp³-hybridized carbons (Fsp3) is 0.286. The Morgan fingerprint density at radius 3 is 2.33 bits per heavy atom. The first-order chi connectivity index (χ1) is 13.0. The van der Waals surface area contributed by atoms with Crippen molar-refractivity contribution in [3.63, 3.8) is 0 Å². The van der Waals surface area contributed by atoms with Crippen molar-refractivity contribution in [2.75, 3.05) is 13.6 Å². The molecule has 2 heterocycles. The van der Waals surface area contributed by atoms with Gasteiger partial charge < -0.3 is 10.2 Å². The molecule has 1 aromatic carbocycles. The molecule has 0 radical (unpaired) electrons. The van der Waals surface area contributed by atoms with E-state index in [4.69, 9.17) is 10.2 Å². The van der Waals surface area contributed by atoms with E-state index < -0.39 is 11.9 Å². The Morgan fingerprint density at radius 2 is 1.78 bits per heavy atom. The number of hydrogen-bond donors (Lipinski definition) is 2. The van der Waals surface area contributed by atoms with Gasteiger partial charge in [-0.3, -0.25) is 9.88 Å². The van der Waals surface area contributed by atoms with E-state index in [0.29, 0.717) is 18.2 Å². The molecule has 2 aromatic rings. The Hall–Kier alpha value is -2.99. The van der Waals surface area contributed by atoms with Crippen LogP contribution in [-0.4, -0.2) is 45.6 Å². The number of carboxylic acids is 2. The standard InChI is InChI=1S/C17H20N2.C4H4O4/c1-19-9-5-8-17(19)16-11-15(12-18-13-16)10-14-6-3-2-4-7-14;5-3(6)1-2-4(7)8/h2-4,6-7,11-13,17H,5,8-10H2,1H3;1-2H,(H,5,6)(H,7,8)/b;2-1+. The average molecular weight is 368 g/mol. The first-order valence-corrected chi connectivity index (χ1v) is 8.77. The predicted octanol–water partition coefficient (Wildman–Crippen LogP) is 3.15. The number of aliphatic carboxylic acids is 2. The van der Waals surface area contributed by atoms with Crippen molar-refractivity contribution in [1.29, 1.82) is 0 Å². The SMILES string of the molecule is CN1CCCC1c1cncc(Cc2ccccc2)c1.O=C(O)/C=C/C(=O)O. The zero-order chi connectivity index (χ0) is 19.6. The molecule has 1 fully saturated rings. The minimum atomic E-state index is -1.26. The van der Waals surface area contributed by atoms with Gasteiger partial charge in [0.25, 0.3) is 0 Å². The Bertz CT molecular complexity index is 774. The molecule has 6 heteroatoms. The van der Waals surface area contributed by atoms with Crippen molar-refractivity contribution in [1.82, 2.24) is 9.88 Å². The second kappa shape index (κ2) is 10.2. The molecule has 1 unspecified atom stereocenters. The number of hydrogen-bond acceptors (Lipinski definition) is 4. The molecule has 1 aliphatic heterocycles. The van der Waals surface area contributed by atoms with Gasteiger partial charge in [0.1, 0.15) is 0 Å². The summed E-state index contributed by atoms with van der Waals surface area (Å²) in [4.78, 5) is 26.0. The highest BCUT2D eigenvalue weighted by Gasteiger charge is 2.22. The summed E-state index contributed by atoms with van der Waals surface area (Å²) in [5.74, 6) is -2.51. The molecule has 0 amide bonds. The van der Waals surface area contributed by atoms with Crippen LogP contribution in [0.15, 0.2) is 60.9 Å². The lowest BCUT2D eigenvalue weighted by Crippen LogP contribution is -2.17. The lowest BCUT2D eigenvalue weighted by atomic mass is 10.0. The van der Waals surface area contributed by atoms with E-state index in [1.54, 1.807) is 0 Å². The van der Waals surface area contributed by atoms with Crippen molar-refractivity contribution in [3.8, 4) is 0 Å². The Labute approximate surface area is 158 Å². The molecular weight excluding hydrogens is 344 g/mol. The molecule has 0 bridgehead atoms. The Balaban J connectivity index is 0.000000279. The number of carboxylic acid groups (broad SMARTS) is 2. The van der Waals surface area contributed by atoms with Gasteiger partial charge in [0.15, 0.2) is 0 Å². The minimum absolute atomic E-state index is 0.558. The first kappa shape index (κ1) is 20.3. The normalized spacial score (nSPS) is 16.7. The number of pyridine rings is 1. The monoisotopic (exact) mass is 368 g/mol. The Morgan fingerprint density at radius 1 is 1.11 bits per heavy atom. The maximum Gasteiger partial charge on any atom is 0.328 e. The maximum atomic E-state index is 9.55. The van der Waals surface area contributed by atoms with Crippen LogP contribution in [0.3, 0.4) is 0 Å². The molecule has 1 atom stereocenters. The lowest BCUT2D eigenvalue weighted by Gasteiger charge is -2.19. The van der Waals surface area contributed by atoms with Crippen molar-refractivity contribution < 1.29 is 19.8 Å². The molecule has 3 rings (SSSR count). The van der Waals surface area contributed by atoms with Crippen molar-refractivity contribution >= 4 is 11.9 Å². The van der Waals surface area contributed by atoms with E-state index in [1.807, 2.05) is 12.4 Å².